The minimum Gasteiger partial charge on any atom is -0.337 e. The molecule has 1 aromatic rings. The van der Waals surface area contributed by atoms with Crippen molar-refractivity contribution in [1.82, 2.24) is 20.5 Å². The number of allylic oxidation sites excluding steroid dienone is 5. The zero-order valence-electron chi connectivity index (χ0n) is 13.9. The third-order valence-electron chi connectivity index (χ3n) is 3.95. The molecular weight excluding hydrogens is 365 g/mol. The van der Waals surface area contributed by atoms with Crippen molar-refractivity contribution in [3.8, 4) is 0 Å². The Morgan fingerprint density at radius 3 is 2.19 bits per heavy atom. The number of imide groups is 2. The Morgan fingerprint density at radius 1 is 1.04 bits per heavy atom. The summed E-state index contributed by atoms with van der Waals surface area (Å²) in [5.74, 6) is -2.11. The van der Waals surface area contributed by atoms with E-state index in [1.54, 1.807) is 12.1 Å². The fourth-order valence-corrected chi connectivity index (χ4v) is 2.75. The van der Waals surface area contributed by atoms with Crippen molar-refractivity contribution in [2.75, 3.05) is 0 Å². The molecule has 3 heterocycles. The first-order valence-electron chi connectivity index (χ1n) is 7.71. The molecule has 7 nitrogen and oxygen atoms in total. The van der Waals surface area contributed by atoms with Gasteiger partial charge < -0.3 is 4.90 Å². The molecule has 4 amide bonds. The van der Waals surface area contributed by atoms with Gasteiger partial charge in [-0.3, -0.25) is 25.2 Å². The standard InChI is InChI=1S/C17H13F3N4O3/c1-9-6-11(13-14(25)22-16(27)23-15(13)26)7-12(17(18,19)20)24(9)8-10-2-4-21-5-3-10/h2-7H,8H2,1H3,(H2,22,23,25,26,27). The molecule has 2 aliphatic heterocycles. The molecular formula is C17H13F3N4O3. The Bertz CT molecular complexity index is 895. The van der Waals surface area contributed by atoms with Gasteiger partial charge >= 0.3 is 12.2 Å². The van der Waals surface area contributed by atoms with Gasteiger partial charge in [0.25, 0.3) is 11.8 Å². The van der Waals surface area contributed by atoms with E-state index in [9.17, 15) is 27.6 Å². The van der Waals surface area contributed by atoms with Gasteiger partial charge in [-0.05, 0) is 42.3 Å². The lowest BCUT2D eigenvalue weighted by Crippen LogP contribution is -2.52. The minimum absolute atomic E-state index is 0.0737. The Hall–Kier alpha value is -3.43. The number of pyridine rings is 1. The second kappa shape index (κ2) is 6.71. The van der Waals surface area contributed by atoms with Gasteiger partial charge in [0.05, 0.1) is 0 Å². The molecule has 140 valence electrons. The molecule has 0 radical (unpaired) electrons. The summed E-state index contributed by atoms with van der Waals surface area (Å²) in [6.07, 6.45) is 0.220. The van der Waals surface area contributed by atoms with Crippen LogP contribution in [0, 0.1) is 0 Å². The van der Waals surface area contributed by atoms with E-state index in [1.807, 2.05) is 10.6 Å². The molecule has 0 aromatic carbocycles. The number of alkyl halides is 3. The lowest BCUT2D eigenvalue weighted by Gasteiger charge is -2.33. The molecule has 3 rings (SSSR count). The van der Waals surface area contributed by atoms with Crippen LogP contribution in [0.4, 0.5) is 18.0 Å². The molecule has 0 aliphatic carbocycles. The molecule has 1 saturated heterocycles. The van der Waals surface area contributed by atoms with Crippen LogP contribution in [-0.4, -0.2) is 33.9 Å². The Morgan fingerprint density at radius 2 is 1.63 bits per heavy atom. The normalized spacial score (nSPS) is 18.1. The van der Waals surface area contributed by atoms with Crippen molar-refractivity contribution in [2.24, 2.45) is 0 Å². The fourth-order valence-electron chi connectivity index (χ4n) is 2.75. The first kappa shape index (κ1) is 18.4. The van der Waals surface area contributed by atoms with Crippen LogP contribution < -0.4 is 10.6 Å². The number of nitrogens with zero attached hydrogens (tertiary/aromatic N) is 2. The lowest BCUT2D eigenvalue weighted by molar-refractivity contribution is -0.124. The average Bonchev–Trinajstić information content (AvgIpc) is 2.56. The molecule has 2 aliphatic rings. The second-order valence-electron chi connectivity index (χ2n) is 5.82. The minimum atomic E-state index is -4.73. The van der Waals surface area contributed by atoms with Gasteiger partial charge in [-0.25, -0.2) is 4.79 Å². The number of urea groups is 1. The summed E-state index contributed by atoms with van der Waals surface area (Å²) in [6.45, 7) is 1.36. The summed E-state index contributed by atoms with van der Waals surface area (Å²) in [5.41, 5.74) is -1.03. The van der Waals surface area contributed by atoms with Crippen LogP contribution in [0.25, 0.3) is 0 Å². The number of amides is 4. The van der Waals surface area contributed by atoms with Gasteiger partial charge in [0, 0.05) is 24.6 Å². The summed E-state index contributed by atoms with van der Waals surface area (Å²) in [7, 11) is 0. The van der Waals surface area contributed by atoms with Crippen molar-refractivity contribution < 1.29 is 27.6 Å². The zero-order valence-corrected chi connectivity index (χ0v) is 13.9. The number of carbonyl (C=O) groups excluding carboxylic acids is 3. The predicted molar refractivity (Wildman–Crippen MR) is 86.4 cm³/mol. The van der Waals surface area contributed by atoms with Gasteiger partial charge in [-0.1, -0.05) is 0 Å². The van der Waals surface area contributed by atoms with Crippen molar-refractivity contribution in [3.63, 3.8) is 0 Å². The predicted octanol–water partition coefficient (Wildman–Crippen LogP) is 1.91. The molecule has 1 fully saturated rings. The molecule has 0 unspecified atom stereocenters. The van der Waals surface area contributed by atoms with Crippen LogP contribution in [-0.2, 0) is 16.1 Å². The first-order chi connectivity index (χ1) is 12.7. The molecule has 0 spiro atoms. The zero-order chi connectivity index (χ0) is 19.8. The van der Waals surface area contributed by atoms with Gasteiger partial charge in [-0.2, -0.15) is 13.2 Å². The van der Waals surface area contributed by atoms with E-state index in [-0.39, 0.29) is 17.8 Å². The largest absolute Gasteiger partial charge is 0.431 e. The smallest absolute Gasteiger partial charge is 0.337 e. The van der Waals surface area contributed by atoms with Crippen molar-refractivity contribution in [2.45, 2.75) is 19.6 Å². The third kappa shape index (κ3) is 3.73. The van der Waals surface area contributed by atoms with E-state index in [2.05, 4.69) is 4.98 Å². The van der Waals surface area contributed by atoms with Gasteiger partial charge in [0.1, 0.15) is 11.3 Å². The molecule has 27 heavy (non-hydrogen) atoms. The summed E-state index contributed by atoms with van der Waals surface area (Å²) in [5, 5.41) is 3.70. The first-order valence-corrected chi connectivity index (χ1v) is 7.71. The van der Waals surface area contributed by atoms with Crippen LogP contribution in [0.5, 0.6) is 0 Å². The van der Waals surface area contributed by atoms with E-state index in [0.29, 0.717) is 5.56 Å². The molecule has 0 saturated carbocycles. The van der Waals surface area contributed by atoms with Crippen molar-refractivity contribution >= 4 is 17.8 Å². The monoisotopic (exact) mass is 378 g/mol. The quantitative estimate of drug-likeness (QED) is 0.606. The van der Waals surface area contributed by atoms with Crippen molar-refractivity contribution in [1.29, 1.82) is 0 Å². The second-order valence-corrected chi connectivity index (χ2v) is 5.82. The third-order valence-corrected chi connectivity index (χ3v) is 3.95. The number of barbiturate groups is 1. The van der Waals surface area contributed by atoms with E-state index in [0.717, 1.165) is 11.0 Å². The number of aromatic nitrogens is 1. The van der Waals surface area contributed by atoms with E-state index in [1.165, 1.54) is 25.4 Å². The highest BCUT2D eigenvalue weighted by molar-refractivity contribution is 6.29. The van der Waals surface area contributed by atoms with Crippen LogP contribution in [0.2, 0.25) is 0 Å². The van der Waals surface area contributed by atoms with Gasteiger partial charge in [-0.15, -0.1) is 0 Å². The SMILES string of the molecule is CC1=CC(=C2C(=O)NC(=O)NC2=O)C=C(C(F)(F)F)N1Cc1ccncc1. The maximum absolute atomic E-state index is 13.6. The summed E-state index contributed by atoms with van der Waals surface area (Å²) in [4.78, 5) is 39.9. The highest BCUT2D eigenvalue weighted by Gasteiger charge is 2.41. The van der Waals surface area contributed by atoms with E-state index >= 15 is 0 Å². The van der Waals surface area contributed by atoms with Crippen LogP contribution >= 0.6 is 0 Å². The van der Waals surface area contributed by atoms with Gasteiger partial charge in [0.15, 0.2) is 0 Å². The molecule has 0 atom stereocenters. The number of nitrogens with one attached hydrogen (secondary N) is 2. The Kier molecular flexibility index (Phi) is 4.56. The topological polar surface area (TPSA) is 91.4 Å². The van der Waals surface area contributed by atoms with Crippen LogP contribution in [0.15, 0.2) is 59.2 Å². The fraction of sp³-hybridized carbons (Fsp3) is 0.176. The van der Waals surface area contributed by atoms with Crippen molar-refractivity contribution in [3.05, 3.63) is 64.8 Å². The Labute approximate surface area is 151 Å². The highest BCUT2D eigenvalue weighted by Crippen LogP contribution is 2.37. The molecule has 0 bridgehead atoms. The summed E-state index contributed by atoms with van der Waals surface area (Å²) in [6, 6.07) is 2.15. The number of hydrogen-bond acceptors (Lipinski definition) is 5. The highest BCUT2D eigenvalue weighted by atomic mass is 19.4. The van der Waals surface area contributed by atoms with E-state index in [4.69, 9.17) is 0 Å². The van der Waals surface area contributed by atoms with E-state index < -0.39 is 35.3 Å². The number of carbonyl (C=O) groups is 3. The number of rotatable bonds is 2. The molecule has 2 N–H and O–H groups in total. The maximum Gasteiger partial charge on any atom is 0.431 e. The average molecular weight is 378 g/mol. The maximum atomic E-state index is 13.6. The molecule has 1 aromatic heterocycles. The Balaban J connectivity index is 2.07. The van der Waals surface area contributed by atoms with Gasteiger partial charge in [0.2, 0.25) is 0 Å². The summed E-state index contributed by atoms with van der Waals surface area (Å²) < 4.78 is 40.9. The summed E-state index contributed by atoms with van der Waals surface area (Å²) >= 11 is 0. The van der Waals surface area contributed by atoms with Crippen LogP contribution in [0.3, 0.4) is 0 Å². The number of hydrogen-bond donors (Lipinski definition) is 2. The number of halogens is 3. The van der Waals surface area contributed by atoms with Crippen LogP contribution in [0.1, 0.15) is 12.5 Å². The lowest BCUT2D eigenvalue weighted by atomic mass is 9.99. The molecule has 10 heteroatoms.